The summed E-state index contributed by atoms with van der Waals surface area (Å²) in [6.07, 6.45) is 14.7. The molecular weight excluding hydrogens is 1090 g/mol. The maximum Gasteiger partial charge on any atom is 0.261 e. The molecule has 0 bridgehead atoms. The SMILES string of the molecule is CCO.CN1CCC(=C2C(=O)Nc3cc(/C=C/CCC(=O)c4cccn(Cc5cc(F)c(F)c(F)c5)c4=O)ccc32)CC1.CN1CCC(=O)CC1.O=C1Cc2ccc(/C=C/CCC(=O)c3cccn(Cc4cc(F)c(F)c(F)c4)c3=O)cc2N1. The van der Waals surface area contributed by atoms with Gasteiger partial charge in [0.25, 0.3) is 17.0 Å². The number of rotatable bonds is 14. The fourth-order valence-electron chi connectivity index (χ4n) is 9.66. The highest BCUT2D eigenvalue weighted by molar-refractivity contribution is 6.32. The summed E-state index contributed by atoms with van der Waals surface area (Å²) in [4.78, 5) is 89.9. The molecule has 2 saturated heterocycles. The smallest absolute Gasteiger partial charge is 0.261 e. The van der Waals surface area contributed by atoms with Crippen molar-refractivity contribution in [3.63, 3.8) is 0 Å². The zero-order valence-electron chi connectivity index (χ0n) is 46.7. The summed E-state index contributed by atoms with van der Waals surface area (Å²) < 4.78 is 82.7. The third kappa shape index (κ3) is 16.8. The van der Waals surface area contributed by atoms with Gasteiger partial charge in [-0.1, -0.05) is 54.1 Å². The normalized spacial score (nSPS) is 14.9. The van der Waals surface area contributed by atoms with Crippen molar-refractivity contribution in [2.75, 3.05) is 57.5 Å². The van der Waals surface area contributed by atoms with E-state index in [1.54, 1.807) is 6.92 Å². The van der Waals surface area contributed by atoms with E-state index in [-0.39, 0.29) is 78.2 Å². The van der Waals surface area contributed by atoms with Crippen molar-refractivity contribution in [1.82, 2.24) is 18.9 Å². The first-order chi connectivity index (χ1) is 40.2. The van der Waals surface area contributed by atoms with Crippen LogP contribution in [0.2, 0.25) is 0 Å². The van der Waals surface area contributed by atoms with Crippen molar-refractivity contribution in [3.8, 4) is 0 Å². The molecule has 6 heterocycles. The molecule has 10 rings (SSSR count). The number of likely N-dealkylation sites (tertiary alicyclic amines) is 2. The van der Waals surface area contributed by atoms with Gasteiger partial charge >= 0.3 is 0 Å². The number of anilines is 2. The number of ketones is 3. The lowest BCUT2D eigenvalue weighted by Crippen LogP contribution is -2.29. The van der Waals surface area contributed by atoms with E-state index in [9.17, 15) is 59.9 Å². The van der Waals surface area contributed by atoms with E-state index in [0.29, 0.717) is 25.0 Å². The van der Waals surface area contributed by atoms with Gasteiger partial charge < -0.3 is 34.7 Å². The van der Waals surface area contributed by atoms with Crippen molar-refractivity contribution in [2.24, 2.45) is 0 Å². The summed E-state index contributed by atoms with van der Waals surface area (Å²) >= 11 is 0. The van der Waals surface area contributed by atoms with Crippen molar-refractivity contribution in [2.45, 2.75) is 77.8 Å². The van der Waals surface area contributed by atoms with Gasteiger partial charge in [0.2, 0.25) is 5.91 Å². The number of aliphatic hydroxyl groups excluding tert-OH is 1. The summed E-state index contributed by atoms with van der Waals surface area (Å²) in [6.45, 7) is 5.30. The molecule has 0 aliphatic carbocycles. The summed E-state index contributed by atoms with van der Waals surface area (Å²) in [5, 5.41) is 13.3. The van der Waals surface area contributed by atoms with Crippen LogP contribution in [-0.2, 0) is 33.9 Å². The zero-order valence-corrected chi connectivity index (χ0v) is 46.7. The molecule has 0 atom stereocenters. The number of carbonyl (C=O) groups excluding carboxylic acids is 5. The van der Waals surface area contributed by atoms with E-state index in [2.05, 4.69) is 27.5 Å². The number of hydrogen-bond donors (Lipinski definition) is 3. The molecule has 14 nitrogen and oxygen atoms in total. The number of carbonyl (C=O) groups is 5. The third-order valence-corrected chi connectivity index (χ3v) is 14.2. The van der Waals surface area contributed by atoms with Crippen LogP contribution in [0.15, 0.2) is 125 Å². The Hall–Kier alpha value is -8.59. The number of aliphatic hydroxyl groups is 1. The third-order valence-electron chi connectivity index (χ3n) is 14.2. The number of benzene rings is 4. The number of amides is 2. The first-order valence-electron chi connectivity index (χ1n) is 27.4. The summed E-state index contributed by atoms with van der Waals surface area (Å²) in [5.41, 5.74) is 6.02. The van der Waals surface area contributed by atoms with E-state index in [1.807, 2.05) is 67.7 Å². The lowest BCUT2D eigenvalue weighted by molar-refractivity contribution is -0.121. The van der Waals surface area contributed by atoms with Crippen LogP contribution in [0, 0.1) is 34.9 Å². The molecule has 440 valence electrons. The Morgan fingerprint density at radius 2 is 1.02 bits per heavy atom. The van der Waals surface area contributed by atoms with Crippen LogP contribution < -0.4 is 21.8 Å². The molecule has 2 amide bonds. The predicted molar refractivity (Wildman–Crippen MR) is 309 cm³/mol. The lowest BCUT2D eigenvalue weighted by Gasteiger charge is -2.25. The first kappa shape index (κ1) is 63.0. The van der Waals surface area contributed by atoms with E-state index in [4.69, 9.17) is 5.11 Å². The van der Waals surface area contributed by atoms with Gasteiger partial charge in [0.15, 0.2) is 46.5 Å². The zero-order chi connectivity index (χ0) is 60.6. The van der Waals surface area contributed by atoms with Crippen molar-refractivity contribution in [3.05, 3.63) is 215 Å². The molecular formula is C64H64F6N6O8. The number of nitrogens with zero attached hydrogens (tertiary/aromatic N) is 4. The highest BCUT2D eigenvalue weighted by Gasteiger charge is 2.29. The average molecular weight is 1160 g/mol. The van der Waals surface area contributed by atoms with Gasteiger partial charge in [0.05, 0.1) is 30.6 Å². The van der Waals surface area contributed by atoms with Crippen molar-refractivity contribution < 1.29 is 55.4 Å². The van der Waals surface area contributed by atoms with Gasteiger partial charge in [-0.05, 0) is 135 Å². The molecule has 4 aliphatic rings. The number of aromatic nitrogens is 2. The van der Waals surface area contributed by atoms with Gasteiger partial charge in [-0.2, -0.15) is 0 Å². The Morgan fingerprint density at radius 3 is 1.49 bits per heavy atom. The fraction of sp³-hybridized carbons (Fsp3) is 0.297. The van der Waals surface area contributed by atoms with Crippen LogP contribution in [0.25, 0.3) is 17.7 Å². The Bertz CT molecular complexity index is 3620. The second kappa shape index (κ2) is 29.6. The van der Waals surface area contributed by atoms with Crippen LogP contribution in [0.5, 0.6) is 0 Å². The summed E-state index contributed by atoms with van der Waals surface area (Å²) in [7, 11) is 4.13. The highest BCUT2D eigenvalue weighted by Crippen LogP contribution is 2.37. The van der Waals surface area contributed by atoms with Gasteiger partial charge in [-0.3, -0.25) is 33.6 Å². The number of hydrogen-bond acceptors (Lipinski definition) is 10. The molecule has 3 N–H and O–H groups in total. The molecule has 20 heteroatoms. The molecule has 6 aromatic rings. The number of pyridine rings is 2. The monoisotopic (exact) mass is 1160 g/mol. The molecule has 4 aromatic carbocycles. The number of fused-ring (bicyclic) bond motifs is 2. The van der Waals surface area contributed by atoms with Crippen LogP contribution in [0.4, 0.5) is 37.7 Å². The van der Waals surface area contributed by atoms with Crippen LogP contribution in [0.1, 0.15) is 112 Å². The second-order valence-corrected chi connectivity index (χ2v) is 20.5. The Balaban J connectivity index is 0.000000207. The molecule has 0 spiro atoms. The van der Waals surface area contributed by atoms with Gasteiger partial charge in [0, 0.05) is 93.4 Å². The number of nitrogens with one attached hydrogen (secondary N) is 2. The number of allylic oxidation sites excluding steroid dienone is 2. The minimum atomic E-state index is -1.58. The maximum atomic E-state index is 13.6. The van der Waals surface area contributed by atoms with Gasteiger partial charge in [-0.15, -0.1) is 0 Å². The standard InChI is InChI=1S/C31H28F3N3O3.C25H19F3N2O3.C6H11NO.C2H6O/c1-36-13-10-21(11-14-36)28-22-9-8-19(17-26(22)35-30(28)39)5-2-3-7-27(38)23-6-4-12-37(31(23)40)18-20-15-24(32)29(34)25(33)16-20;26-19-10-16(11-20(27)24(19)28)14-30-9-3-5-18(25(30)33)22(31)6-2-1-4-15-7-8-17-13-23(32)29-21(17)12-15;1-7-4-2-6(8)3-5-7;1-2-3/h2,4-6,8-9,12,15-17H,3,7,10-11,13-14,18H2,1H3,(H,35,39);1,3-5,7-12H,2,6,13-14H2,(H,29,32);2-5H2,1H3;3H,2H2,1H3/b5-2+;4-1+;;. The van der Waals surface area contributed by atoms with E-state index < -0.39 is 46.0 Å². The maximum absolute atomic E-state index is 13.6. The quantitative estimate of drug-likeness (QED) is 0.0411. The topological polar surface area (TPSA) is 180 Å². The lowest BCUT2D eigenvalue weighted by atomic mass is 9.93. The van der Waals surface area contributed by atoms with E-state index >= 15 is 0 Å². The predicted octanol–water partition coefficient (Wildman–Crippen LogP) is 10.2. The van der Waals surface area contributed by atoms with E-state index in [1.165, 1.54) is 42.2 Å². The van der Waals surface area contributed by atoms with Crippen LogP contribution in [0.3, 0.4) is 0 Å². The summed E-state index contributed by atoms with van der Waals surface area (Å²) in [5.74, 6) is -8.95. The second-order valence-electron chi connectivity index (χ2n) is 20.5. The van der Waals surface area contributed by atoms with Gasteiger partial charge in [-0.25, -0.2) is 26.3 Å². The van der Waals surface area contributed by atoms with Gasteiger partial charge in [0.1, 0.15) is 5.78 Å². The Kier molecular flexibility index (Phi) is 22.2. The molecule has 2 fully saturated rings. The van der Waals surface area contributed by atoms with Crippen molar-refractivity contribution >= 4 is 58.3 Å². The fourth-order valence-corrected chi connectivity index (χ4v) is 9.66. The molecule has 84 heavy (non-hydrogen) atoms. The molecule has 0 radical (unpaired) electrons. The van der Waals surface area contributed by atoms with E-state index in [0.717, 1.165) is 124 Å². The van der Waals surface area contributed by atoms with Crippen molar-refractivity contribution in [1.29, 1.82) is 0 Å². The number of Topliss-reactive ketones (excluding diaryl/α,β-unsaturated/α-hetero) is 3. The molecule has 2 aromatic heterocycles. The number of piperidine rings is 2. The Labute approximate surface area is 481 Å². The Morgan fingerprint density at radius 1 is 0.583 bits per heavy atom. The molecule has 0 saturated carbocycles. The minimum Gasteiger partial charge on any atom is -0.397 e. The average Bonchev–Trinajstić information content (AvgIpc) is 3.69. The largest absolute Gasteiger partial charge is 0.397 e. The number of halogens is 6. The molecule has 4 aliphatic heterocycles. The van der Waals surface area contributed by atoms with Crippen LogP contribution >= 0.6 is 0 Å². The summed E-state index contributed by atoms with van der Waals surface area (Å²) in [6, 6.07) is 20.5. The minimum absolute atomic E-state index is 0.0331. The first-order valence-corrected chi connectivity index (χ1v) is 27.4. The highest BCUT2D eigenvalue weighted by atomic mass is 19.2. The van der Waals surface area contributed by atoms with Crippen LogP contribution in [-0.4, -0.2) is 100 Å². The molecule has 0 unspecified atom stereocenters.